The molecule has 1 heterocycles. The third kappa shape index (κ3) is 3.45. The fourth-order valence-corrected chi connectivity index (χ4v) is 4.23. The van der Waals surface area contributed by atoms with Crippen LogP contribution >= 0.6 is 0 Å². The molecule has 2 aromatic rings. The number of hydrogen-bond donors (Lipinski definition) is 1. The molecular formula is C24H23NO5. The van der Waals surface area contributed by atoms with Crippen LogP contribution in [0.1, 0.15) is 35.8 Å². The summed E-state index contributed by atoms with van der Waals surface area (Å²) in [5.74, 6) is -0.254. The predicted octanol–water partition coefficient (Wildman–Crippen LogP) is 3.55. The second-order valence-corrected chi connectivity index (χ2v) is 7.36. The van der Waals surface area contributed by atoms with Crippen LogP contribution in [0.15, 0.2) is 77.4 Å². The van der Waals surface area contributed by atoms with Gasteiger partial charge in [-0.1, -0.05) is 42.5 Å². The fraction of sp³-hybridized carbons (Fsp3) is 0.250. The number of benzene rings is 2. The van der Waals surface area contributed by atoms with E-state index >= 15 is 0 Å². The maximum absolute atomic E-state index is 13.3. The molecule has 0 saturated carbocycles. The summed E-state index contributed by atoms with van der Waals surface area (Å²) in [6.07, 6.45) is 0.863. The number of allylic oxidation sites excluding steroid dienone is 2. The van der Waals surface area contributed by atoms with Gasteiger partial charge in [-0.3, -0.25) is 4.79 Å². The zero-order valence-corrected chi connectivity index (χ0v) is 16.9. The van der Waals surface area contributed by atoms with Gasteiger partial charge >= 0.3 is 5.97 Å². The Labute approximate surface area is 174 Å². The molecule has 6 nitrogen and oxygen atoms in total. The van der Waals surface area contributed by atoms with E-state index in [1.807, 2.05) is 42.5 Å². The summed E-state index contributed by atoms with van der Waals surface area (Å²) in [4.78, 5) is 25.9. The molecule has 2 aromatic carbocycles. The van der Waals surface area contributed by atoms with Crippen LogP contribution in [0.4, 0.5) is 0 Å². The lowest BCUT2D eigenvalue weighted by Gasteiger charge is -2.35. The summed E-state index contributed by atoms with van der Waals surface area (Å²) < 4.78 is 16.1. The van der Waals surface area contributed by atoms with Gasteiger partial charge in [0, 0.05) is 18.4 Å². The molecule has 0 amide bonds. The Morgan fingerprint density at radius 2 is 1.77 bits per heavy atom. The van der Waals surface area contributed by atoms with Crippen molar-refractivity contribution in [3.05, 3.63) is 88.5 Å². The van der Waals surface area contributed by atoms with E-state index in [0.717, 1.165) is 11.1 Å². The third-order valence-corrected chi connectivity index (χ3v) is 5.64. The molecule has 0 aromatic heterocycles. The van der Waals surface area contributed by atoms with Crippen molar-refractivity contribution in [3.63, 3.8) is 0 Å². The van der Waals surface area contributed by atoms with Gasteiger partial charge in [-0.15, -0.1) is 0 Å². The highest BCUT2D eigenvalue weighted by atomic mass is 16.5. The first-order valence-corrected chi connectivity index (χ1v) is 9.74. The summed E-state index contributed by atoms with van der Waals surface area (Å²) >= 11 is 0. The summed E-state index contributed by atoms with van der Waals surface area (Å²) in [6, 6.07) is 17.1. The Bertz CT molecular complexity index is 1050. The topological polar surface area (TPSA) is 87.9 Å². The van der Waals surface area contributed by atoms with Gasteiger partial charge in [0.1, 0.15) is 17.1 Å². The van der Waals surface area contributed by atoms with E-state index in [1.54, 1.807) is 19.2 Å². The van der Waals surface area contributed by atoms with Crippen LogP contribution in [0.5, 0.6) is 5.75 Å². The average molecular weight is 405 g/mol. The largest absolute Gasteiger partial charge is 0.497 e. The van der Waals surface area contributed by atoms with E-state index < -0.39 is 11.9 Å². The molecule has 0 saturated heterocycles. The minimum atomic E-state index is -0.666. The normalized spacial score (nSPS) is 21.1. The van der Waals surface area contributed by atoms with Crippen LogP contribution in [0, 0.1) is 0 Å². The molecule has 0 unspecified atom stereocenters. The van der Waals surface area contributed by atoms with Crippen LogP contribution in [0.2, 0.25) is 0 Å². The number of carbonyl (C=O) groups is 2. The molecule has 1 aliphatic heterocycles. The van der Waals surface area contributed by atoms with Crippen molar-refractivity contribution >= 4 is 11.8 Å². The lowest BCUT2D eigenvalue weighted by Crippen LogP contribution is -2.32. The van der Waals surface area contributed by atoms with E-state index in [0.29, 0.717) is 29.9 Å². The number of carbonyl (C=O) groups excluding carboxylic acids is 2. The van der Waals surface area contributed by atoms with Crippen molar-refractivity contribution in [1.82, 2.24) is 0 Å². The molecule has 154 valence electrons. The highest BCUT2D eigenvalue weighted by Gasteiger charge is 2.43. The number of rotatable bonds is 4. The highest BCUT2D eigenvalue weighted by molar-refractivity contribution is 6.03. The molecule has 0 radical (unpaired) electrons. The Morgan fingerprint density at radius 1 is 1.03 bits per heavy atom. The molecule has 0 bridgehead atoms. The fourth-order valence-electron chi connectivity index (χ4n) is 4.23. The van der Waals surface area contributed by atoms with Gasteiger partial charge in [0.15, 0.2) is 5.78 Å². The second-order valence-electron chi connectivity index (χ2n) is 7.36. The number of methoxy groups -OCH3 is 2. The lowest BCUT2D eigenvalue weighted by molar-refractivity contribution is -0.136. The van der Waals surface area contributed by atoms with E-state index in [9.17, 15) is 9.59 Å². The monoisotopic (exact) mass is 405 g/mol. The van der Waals surface area contributed by atoms with Crippen LogP contribution < -0.4 is 10.5 Å². The number of esters is 1. The number of ketones is 1. The predicted molar refractivity (Wildman–Crippen MR) is 110 cm³/mol. The van der Waals surface area contributed by atoms with Crippen molar-refractivity contribution in [3.8, 4) is 5.75 Å². The smallest absolute Gasteiger partial charge is 0.340 e. The van der Waals surface area contributed by atoms with Gasteiger partial charge < -0.3 is 19.9 Å². The van der Waals surface area contributed by atoms with Gasteiger partial charge in [-0.25, -0.2) is 4.79 Å². The number of ether oxygens (including phenoxy) is 3. The van der Waals surface area contributed by atoms with Crippen LogP contribution in [0.3, 0.4) is 0 Å². The van der Waals surface area contributed by atoms with Gasteiger partial charge in [0.05, 0.1) is 20.1 Å². The third-order valence-electron chi connectivity index (χ3n) is 5.64. The zero-order chi connectivity index (χ0) is 21.3. The van der Waals surface area contributed by atoms with Crippen LogP contribution in [-0.4, -0.2) is 26.0 Å². The average Bonchev–Trinajstić information content (AvgIpc) is 2.78. The molecular weight excluding hydrogens is 382 g/mol. The first-order valence-electron chi connectivity index (χ1n) is 9.74. The second kappa shape index (κ2) is 8.06. The molecule has 0 spiro atoms. The van der Waals surface area contributed by atoms with E-state index in [-0.39, 0.29) is 23.2 Å². The number of Topliss-reactive ketones (excluding diaryl/α,β-unsaturated/α-hetero) is 1. The molecule has 2 atom stereocenters. The van der Waals surface area contributed by atoms with E-state index in [1.165, 1.54) is 7.11 Å². The van der Waals surface area contributed by atoms with Gasteiger partial charge in [0.25, 0.3) is 0 Å². The lowest BCUT2D eigenvalue weighted by atomic mass is 9.73. The number of hydrogen-bond acceptors (Lipinski definition) is 6. The Hall–Kier alpha value is -3.54. The van der Waals surface area contributed by atoms with Crippen molar-refractivity contribution < 1.29 is 23.8 Å². The SMILES string of the molecule is COC(=O)C1=C(N)OC2=C(C(=O)C[C@H](c3ccccc3)C2)[C@H]1c1cccc(OC)c1. The van der Waals surface area contributed by atoms with Crippen LogP contribution in [0.25, 0.3) is 0 Å². The van der Waals surface area contributed by atoms with Gasteiger partial charge in [-0.2, -0.15) is 0 Å². The summed E-state index contributed by atoms with van der Waals surface area (Å²) in [5.41, 5.74) is 8.56. The maximum atomic E-state index is 13.3. The van der Waals surface area contributed by atoms with Crippen molar-refractivity contribution in [2.45, 2.75) is 24.7 Å². The minimum absolute atomic E-state index is 0.00381. The minimum Gasteiger partial charge on any atom is -0.497 e. The molecule has 1 aliphatic carbocycles. The Kier molecular flexibility index (Phi) is 5.31. The molecule has 6 heteroatoms. The molecule has 2 N–H and O–H groups in total. The van der Waals surface area contributed by atoms with Gasteiger partial charge in [0.2, 0.25) is 5.88 Å². The standard InChI is InChI=1S/C24H23NO5/c1-28-17-10-6-9-15(11-17)20-21-18(26)12-16(14-7-4-3-5-8-14)13-19(21)30-23(25)22(20)24(27)29-2/h3-11,16,20H,12-13,25H2,1-2H3/t16-,20+/m0/s1. The van der Waals surface area contributed by atoms with Crippen molar-refractivity contribution in [2.24, 2.45) is 5.73 Å². The molecule has 4 rings (SSSR count). The highest BCUT2D eigenvalue weighted by Crippen LogP contribution is 2.47. The maximum Gasteiger partial charge on any atom is 0.340 e. The quantitative estimate of drug-likeness (QED) is 0.783. The van der Waals surface area contributed by atoms with Crippen LogP contribution in [-0.2, 0) is 19.1 Å². The van der Waals surface area contributed by atoms with Gasteiger partial charge in [-0.05, 0) is 29.2 Å². The van der Waals surface area contributed by atoms with E-state index in [4.69, 9.17) is 19.9 Å². The Morgan fingerprint density at radius 3 is 2.47 bits per heavy atom. The first kappa shape index (κ1) is 19.8. The molecule has 30 heavy (non-hydrogen) atoms. The van der Waals surface area contributed by atoms with E-state index in [2.05, 4.69) is 0 Å². The van der Waals surface area contributed by atoms with Crippen molar-refractivity contribution in [2.75, 3.05) is 14.2 Å². The summed E-state index contributed by atoms with van der Waals surface area (Å²) in [6.45, 7) is 0. The van der Waals surface area contributed by atoms with Crippen molar-refractivity contribution in [1.29, 1.82) is 0 Å². The summed E-state index contributed by atoms with van der Waals surface area (Å²) in [5, 5.41) is 0. The Balaban J connectivity index is 1.82. The molecule has 2 aliphatic rings. The zero-order valence-electron chi connectivity index (χ0n) is 16.9. The molecule has 0 fully saturated rings. The first-order chi connectivity index (χ1) is 14.5. The number of nitrogens with two attached hydrogens (primary N) is 1. The summed E-state index contributed by atoms with van der Waals surface area (Å²) in [7, 11) is 2.85.